The summed E-state index contributed by atoms with van der Waals surface area (Å²) in [4.78, 5) is 21.1. The Kier molecular flexibility index (Phi) is 7.00. The predicted octanol–water partition coefficient (Wildman–Crippen LogP) is 3.78. The first-order valence-electron chi connectivity index (χ1n) is 8.93. The number of nitrogens with zero attached hydrogens (tertiary/aromatic N) is 5. The molecule has 0 fully saturated rings. The lowest BCUT2D eigenvalue weighted by Crippen LogP contribution is -2.26. The van der Waals surface area contributed by atoms with Gasteiger partial charge in [-0.05, 0) is 42.7 Å². The molecule has 146 valence electrons. The van der Waals surface area contributed by atoms with Crippen molar-refractivity contribution >= 4 is 29.3 Å². The summed E-state index contributed by atoms with van der Waals surface area (Å²) in [6.07, 6.45) is 4.27. The molecule has 0 saturated carbocycles. The highest BCUT2D eigenvalue weighted by molar-refractivity contribution is 7.98. The van der Waals surface area contributed by atoms with Gasteiger partial charge < -0.3 is 5.32 Å². The molecule has 0 unspecified atom stereocenters. The first-order valence-corrected chi connectivity index (χ1v) is 10.3. The molecule has 9 heteroatoms. The number of hydrogen-bond acceptors (Lipinski definition) is 6. The van der Waals surface area contributed by atoms with Gasteiger partial charge in [-0.3, -0.25) is 4.79 Å². The first-order chi connectivity index (χ1) is 13.5. The Morgan fingerprint density at radius 2 is 1.93 bits per heavy atom. The van der Waals surface area contributed by atoms with Gasteiger partial charge in [-0.1, -0.05) is 42.4 Å². The van der Waals surface area contributed by atoms with Gasteiger partial charge in [0.15, 0.2) is 10.9 Å². The maximum atomic E-state index is 12.7. The largest absolute Gasteiger partial charge is 0.351 e. The van der Waals surface area contributed by atoms with Crippen LogP contribution >= 0.6 is 23.4 Å². The SMILES string of the molecule is CC(C)CCNC(=O)c1nnn(-c2ccc(Cl)cc2)c1CSc1ncccn1. The summed E-state index contributed by atoms with van der Waals surface area (Å²) in [6.45, 7) is 4.83. The van der Waals surface area contributed by atoms with Crippen molar-refractivity contribution < 1.29 is 4.79 Å². The maximum absolute atomic E-state index is 12.7. The number of nitrogens with one attached hydrogen (secondary N) is 1. The number of thioether (sulfide) groups is 1. The molecule has 3 rings (SSSR count). The molecule has 0 aliphatic rings. The Balaban J connectivity index is 1.86. The van der Waals surface area contributed by atoms with Crippen molar-refractivity contribution in [3.05, 3.63) is 59.1 Å². The third-order valence-electron chi connectivity index (χ3n) is 3.94. The quantitative estimate of drug-likeness (QED) is 0.444. The highest BCUT2D eigenvalue weighted by Gasteiger charge is 2.21. The number of rotatable bonds is 8. The van der Waals surface area contributed by atoms with Gasteiger partial charge in [0.05, 0.1) is 11.4 Å². The van der Waals surface area contributed by atoms with E-state index in [2.05, 4.69) is 39.4 Å². The highest BCUT2D eigenvalue weighted by Crippen LogP contribution is 2.23. The van der Waals surface area contributed by atoms with Gasteiger partial charge >= 0.3 is 0 Å². The van der Waals surface area contributed by atoms with E-state index in [9.17, 15) is 4.79 Å². The van der Waals surface area contributed by atoms with Crippen molar-refractivity contribution in [3.63, 3.8) is 0 Å². The monoisotopic (exact) mass is 416 g/mol. The topological polar surface area (TPSA) is 85.6 Å². The Morgan fingerprint density at radius 1 is 1.21 bits per heavy atom. The number of benzene rings is 1. The minimum absolute atomic E-state index is 0.231. The zero-order chi connectivity index (χ0) is 19.9. The molecule has 3 aromatic rings. The Hall–Kier alpha value is -2.45. The van der Waals surface area contributed by atoms with Crippen molar-refractivity contribution in [1.82, 2.24) is 30.3 Å². The van der Waals surface area contributed by atoms with Crippen LogP contribution in [0.4, 0.5) is 0 Å². The smallest absolute Gasteiger partial charge is 0.273 e. The molecule has 28 heavy (non-hydrogen) atoms. The maximum Gasteiger partial charge on any atom is 0.273 e. The third-order valence-corrected chi connectivity index (χ3v) is 5.08. The number of aromatic nitrogens is 5. The average molecular weight is 417 g/mol. The second-order valence-corrected chi connectivity index (χ2v) is 7.91. The lowest BCUT2D eigenvalue weighted by atomic mass is 10.1. The molecule has 0 atom stereocenters. The van der Waals surface area contributed by atoms with E-state index in [1.807, 2.05) is 12.1 Å². The summed E-state index contributed by atoms with van der Waals surface area (Å²) in [5.41, 5.74) is 1.77. The van der Waals surface area contributed by atoms with Crippen LogP contribution in [0.3, 0.4) is 0 Å². The Morgan fingerprint density at radius 3 is 2.61 bits per heavy atom. The van der Waals surface area contributed by atoms with Crippen LogP contribution in [0.2, 0.25) is 5.02 Å². The number of carbonyl (C=O) groups is 1. The fraction of sp³-hybridized carbons (Fsp3) is 0.316. The van der Waals surface area contributed by atoms with Gasteiger partial charge in [-0.25, -0.2) is 14.6 Å². The molecule has 1 N–H and O–H groups in total. The summed E-state index contributed by atoms with van der Waals surface area (Å²) in [5, 5.41) is 12.5. The minimum Gasteiger partial charge on any atom is -0.351 e. The summed E-state index contributed by atoms with van der Waals surface area (Å²) >= 11 is 7.41. The van der Waals surface area contributed by atoms with Crippen LogP contribution in [0.25, 0.3) is 5.69 Å². The van der Waals surface area contributed by atoms with Crippen molar-refractivity contribution in [2.24, 2.45) is 5.92 Å². The van der Waals surface area contributed by atoms with Gasteiger partial charge in [-0.2, -0.15) is 0 Å². The molecule has 0 radical (unpaired) electrons. The summed E-state index contributed by atoms with van der Waals surface area (Å²) in [5.74, 6) is 0.729. The molecule has 7 nitrogen and oxygen atoms in total. The molecule has 2 aromatic heterocycles. The summed E-state index contributed by atoms with van der Waals surface area (Å²) in [7, 11) is 0. The van der Waals surface area contributed by atoms with Crippen molar-refractivity contribution in [2.45, 2.75) is 31.2 Å². The van der Waals surface area contributed by atoms with Crippen LogP contribution in [-0.2, 0) is 5.75 Å². The lowest BCUT2D eigenvalue weighted by Gasteiger charge is -2.09. The number of carbonyl (C=O) groups excluding carboxylic acids is 1. The van der Waals surface area contributed by atoms with E-state index < -0.39 is 0 Å². The molecule has 1 amide bonds. The highest BCUT2D eigenvalue weighted by atomic mass is 35.5. The van der Waals surface area contributed by atoms with Crippen molar-refractivity contribution in [2.75, 3.05) is 6.54 Å². The van der Waals surface area contributed by atoms with E-state index in [1.165, 1.54) is 11.8 Å². The van der Waals surface area contributed by atoms with Crippen LogP contribution in [0, 0.1) is 5.92 Å². The average Bonchev–Trinajstić information content (AvgIpc) is 3.11. The normalized spacial score (nSPS) is 11.0. The summed E-state index contributed by atoms with van der Waals surface area (Å²) < 4.78 is 1.66. The molecule has 2 heterocycles. The van der Waals surface area contributed by atoms with Gasteiger partial charge in [0.1, 0.15) is 0 Å². The molecule has 0 aliphatic heterocycles. The Bertz CT molecular complexity index is 914. The van der Waals surface area contributed by atoms with E-state index in [-0.39, 0.29) is 5.91 Å². The number of amides is 1. The fourth-order valence-electron chi connectivity index (χ4n) is 2.45. The van der Waals surface area contributed by atoms with Gasteiger partial charge in [-0.15, -0.1) is 5.10 Å². The van der Waals surface area contributed by atoms with E-state index in [0.29, 0.717) is 39.8 Å². The molecule has 0 saturated heterocycles. The van der Waals surface area contributed by atoms with Crippen LogP contribution in [-0.4, -0.2) is 37.4 Å². The first kappa shape index (κ1) is 20.3. The molecule has 0 spiro atoms. The summed E-state index contributed by atoms with van der Waals surface area (Å²) in [6, 6.07) is 8.99. The van der Waals surface area contributed by atoms with Crippen LogP contribution < -0.4 is 5.32 Å². The van der Waals surface area contributed by atoms with E-state index in [1.54, 1.807) is 35.3 Å². The Labute approximate surface area is 172 Å². The zero-order valence-electron chi connectivity index (χ0n) is 15.7. The zero-order valence-corrected chi connectivity index (χ0v) is 17.2. The number of halogens is 1. The second kappa shape index (κ2) is 9.66. The third kappa shape index (κ3) is 5.30. The number of hydrogen-bond donors (Lipinski definition) is 1. The molecule has 0 bridgehead atoms. The van der Waals surface area contributed by atoms with Crippen molar-refractivity contribution in [3.8, 4) is 5.69 Å². The standard InChI is InChI=1S/C19H21ClN6OS/c1-13(2)8-11-21-18(27)17-16(12-28-19-22-9-3-10-23-19)26(25-24-17)15-6-4-14(20)5-7-15/h3-7,9-10,13H,8,11-12H2,1-2H3,(H,21,27). The lowest BCUT2D eigenvalue weighted by molar-refractivity contribution is 0.0946. The van der Waals surface area contributed by atoms with E-state index in [0.717, 1.165) is 12.1 Å². The fourth-order valence-corrected chi connectivity index (χ4v) is 3.37. The van der Waals surface area contributed by atoms with E-state index in [4.69, 9.17) is 11.6 Å². The molecule has 1 aromatic carbocycles. The van der Waals surface area contributed by atoms with Gasteiger partial charge in [0.25, 0.3) is 5.91 Å². The van der Waals surface area contributed by atoms with Crippen LogP contribution in [0.5, 0.6) is 0 Å². The van der Waals surface area contributed by atoms with Gasteiger partial charge in [0.2, 0.25) is 0 Å². The minimum atomic E-state index is -0.231. The predicted molar refractivity (Wildman–Crippen MR) is 110 cm³/mol. The van der Waals surface area contributed by atoms with Gasteiger partial charge in [0, 0.05) is 29.7 Å². The van der Waals surface area contributed by atoms with Crippen LogP contribution in [0.15, 0.2) is 47.9 Å². The second-order valence-electron chi connectivity index (χ2n) is 6.53. The van der Waals surface area contributed by atoms with E-state index >= 15 is 0 Å². The van der Waals surface area contributed by atoms with Crippen LogP contribution in [0.1, 0.15) is 36.5 Å². The molecule has 0 aliphatic carbocycles. The molecular weight excluding hydrogens is 396 g/mol. The van der Waals surface area contributed by atoms with Crippen molar-refractivity contribution in [1.29, 1.82) is 0 Å². The molecular formula is C19H21ClN6OS.